The lowest BCUT2D eigenvalue weighted by Gasteiger charge is -2.32. The summed E-state index contributed by atoms with van der Waals surface area (Å²) in [4.78, 5) is 0. The molecule has 0 aliphatic heterocycles. The lowest BCUT2D eigenvalue weighted by Crippen LogP contribution is -2.26. The van der Waals surface area contributed by atoms with E-state index in [0.29, 0.717) is 0 Å². The maximum atomic E-state index is 2.49. The molecule has 59 heavy (non-hydrogen) atoms. The molecular formula is C59H34. The van der Waals surface area contributed by atoms with Crippen LogP contribution in [0, 0.1) is 0 Å². The third-order valence-electron chi connectivity index (χ3n) is 14.0. The zero-order valence-corrected chi connectivity index (χ0v) is 32.1. The molecule has 0 heteroatoms. The second kappa shape index (κ2) is 11.3. The van der Waals surface area contributed by atoms with Gasteiger partial charge in [0.15, 0.2) is 0 Å². The van der Waals surface area contributed by atoms with Crippen LogP contribution in [0.15, 0.2) is 206 Å². The Morgan fingerprint density at radius 3 is 1.58 bits per heavy atom. The normalized spacial score (nSPS) is 13.6. The average molecular weight is 743 g/mol. The molecule has 0 atom stereocenters. The molecule has 0 N–H and O–H groups in total. The second-order valence-electron chi connectivity index (χ2n) is 16.6. The molecule has 0 radical (unpaired) electrons. The predicted octanol–water partition coefficient (Wildman–Crippen LogP) is 15.7. The molecule has 0 saturated heterocycles. The first-order chi connectivity index (χ1) is 29.3. The molecule has 0 aromatic heterocycles. The van der Waals surface area contributed by atoms with Gasteiger partial charge in [-0.05, 0) is 137 Å². The number of benzene rings is 12. The molecule has 0 heterocycles. The Balaban J connectivity index is 1.09. The van der Waals surface area contributed by atoms with Gasteiger partial charge in [0.25, 0.3) is 0 Å². The summed E-state index contributed by atoms with van der Waals surface area (Å²) in [7, 11) is 0. The van der Waals surface area contributed by atoms with Gasteiger partial charge in [0.1, 0.15) is 0 Å². The summed E-state index contributed by atoms with van der Waals surface area (Å²) in [6.07, 6.45) is 0. The summed E-state index contributed by atoms with van der Waals surface area (Å²) >= 11 is 0. The topological polar surface area (TPSA) is 0 Å². The van der Waals surface area contributed by atoms with Crippen LogP contribution in [0.25, 0.3) is 109 Å². The summed E-state index contributed by atoms with van der Waals surface area (Å²) in [5.74, 6) is 0. The lowest BCUT2D eigenvalue weighted by atomic mass is 9.68. The molecule has 2 aliphatic rings. The van der Waals surface area contributed by atoms with Crippen molar-refractivity contribution in [1.29, 1.82) is 0 Å². The van der Waals surface area contributed by atoms with Gasteiger partial charge in [0, 0.05) is 0 Å². The minimum atomic E-state index is -0.484. The number of fused-ring (bicyclic) bond motifs is 17. The van der Waals surface area contributed by atoms with Crippen LogP contribution >= 0.6 is 0 Å². The van der Waals surface area contributed by atoms with Crippen molar-refractivity contribution in [3.63, 3.8) is 0 Å². The zero-order valence-electron chi connectivity index (χ0n) is 32.1. The van der Waals surface area contributed by atoms with Gasteiger partial charge >= 0.3 is 0 Å². The van der Waals surface area contributed by atoms with E-state index in [1.54, 1.807) is 0 Å². The van der Waals surface area contributed by atoms with Gasteiger partial charge in [0.2, 0.25) is 0 Å². The highest BCUT2D eigenvalue weighted by atomic mass is 14.5. The number of hydrogen-bond acceptors (Lipinski definition) is 0. The van der Waals surface area contributed by atoms with E-state index in [1.165, 1.54) is 131 Å². The van der Waals surface area contributed by atoms with Crippen LogP contribution in [0.3, 0.4) is 0 Å². The van der Waals surface area contributed by atoms with E-state index >= 15 is 0 Å². The van der Waals surface area contributed by atoms with Crippen molar-refractivity contribution in [3.8, 4) is 44.5 Å². The molecule has 0 saturated carbocycles. The standard InChI is InChI=1S/C59H34/c1-2-16-41-35(12-1)26-33-50-56-47-21-6-5-18-43(47)51-34-39(29-32-49(51)58(56)59(57(41)50)52-22-9-7-19-45(52)46-20-8-10-23-53(46)59)40-15-3-4-17-42(40)44-30-27-38-25-24-36-13-11-14-37-28-31-48(44)55(38)54(36)37/h1-34H. The molecule has 270 valence electrons. The summed E-state index contributed by atoms with van der Waals surface area (Å²) in [6.45, 7) is 0. The van der Waals surface area contributed by atoms with Crippen LogP contribution < -0.4 is 0 Å². The lowest BCUT2D eigenvalue weighted by molar-refractivity contribution is 0.809. The Morgan fingerprint density at radius 1 is 0.254 bits per heavy atom. The van der Waals surface area contributed by atoms with Crippen LogP contribution in [0.4, 0.5) is 0 Å². The highest BCUT2D eigenvalue weighted by Crippen LogP contribution is 2.66. The molecular weight excluding hydrogens is 709 g/mol. The van der Waals surface area contributed by atoms with Crippen LogP contribution in [0.5, 0.6) is 0 Å². The minimum Gasteiger partial charge on any atom is -0.0619 e. The van der Waals surface area contributed by atoms with Crippen molar-refractivity contribution < 1.29 is 0 Å². The predicted molar refractivity (Wildman–Crippen MR) is 250 cm³/mol. The SMILES string of the molecule is c1ccc(-c2ccc3ccc4cccc5ccc2c3c45)c(-c2ccc3c4c(c5ccccc5c3c2)-c2ccc3ccccc3c2C42c3ccccc3-c3ccccc32)c1. The fourth-order valence-electron chi connectivity index (χ4n) is 11.7. The van der Waals surface area contributed by atoms with E-state index < -0.39 is 5.41 Å². The third-order valence-corrected chi connectivity index (χ3v) is 14.0. The Morgan fingerprint density at radius 2 is 0.797 bits per heavy atom. The van der Waals surface area contributed by atoms with Crippen molar-refractivity contribution in [2.45, 2.75) is 5.41 Å². The minimum absolute atomic E-state index is 0.484. The Hall–Kier alpha value is -7.54. The highest BCUT2D eigenvalue weighted by molar-refractivity contribution is 6.26. The van der Waals surface area contributed by atoms with Crippen molar-refractivity contribution in [2.75, 3.05) is 0 Å². The Kier molecular flexibility index (Phi) is 6.05. The second-order valence-corrected chi connectivity index (χ2v) is 16.6. The quantitative estimate of drug-likeness (QED) is 0.155. The van der Waals surface area contributed by atoms with E-state index in [4.69, 9.17) is 0 Å². The van der Waals surface area contributed by atoms with Crippen LogP contribution in [0.2, 0.25) is 0 Å². The molecule has 0 fully saturated rings. The van der Waals surface area contributed by atoms with E-state index in [-0.39, 0.29) is 0 Å². The maximum Gasteiger partial charge on any atom is 0.0737 e. The van der Waals surface area contributed by atoms with Gasteiger partial charge in [-0.25, -0.2) is 0 Å². The molecule has 14 rings (SSSR count). The number of rotatable bonds is 2. The van der Waals surface area contributed by atoms with E-state index in [1.807, 2.05) is 0 Å². The van der Waals surface area contributed by atoms with Gasteiger partial charge in [-0.15, -0.1) is 0 Å². The van der Waals surface area contributed by atoms with Crippen LogP contribution in [-0.4, -0.2) is 0 Å². The monoisotopic (exact) mass is 742 g/mol. The summed E-state index contributed by atoms with van der Waals surface area (Å²) in [6, 6.07) is 78.1. The van der Waals surface area contributed by atoms with Gasteiger partial charge in [-0.3, -0.25) is 0 Å². The molecule has 0 amide bonds. The summed E-state index contributed by atoms with van der Waals surface area (Å²) in [5.41, 5.74) is 15.4. The highest BCUT2D eigenvalue weighted by Gasteiger charge is 2.53. The van der Waals surface area contributed by atoms with Crippen molar-refractivity contribution >= 4 is 64.6 Å². The Bertz CT molecular complexity index is 3730. The van der Waals surface area contributed by atoms with E-state index in [2.05, 4.69) is 206 Å². The van der Waals surface area contributed by atoms with Gasteiger partial charge in [0.05, 0.1) is 5.41 Å². The van der Waals surface area contributed by atoms with Gasteiger partial charge < -0.3 is 0 Å². The first-order valence-electron chi connectivity index (χ1n) is 20.8. The third kappa shape index (κ3) is 3.89. The van der Waals surface area contributed by atoms with Crippen molar-refractivity contribution in [3.05, 3.63) is 229 Å². The Labute approximate surface area is 341 Å². The maximum absolute atomic E-state index is 2.49. The first-order valence-corrected chi connectivity index (χ1v) is 20.8. The molecule has 12 aromatic carbocycles. The molecule has 12 aromatic rings. The summed E-state index contributed by atoms with van der Waals surface area (Å²) in [5, 5.41) is 15.7. The van der Waals surface area contributed by atoms with E-state index in [0.717, 1.165) is 0 Å². The zero-order chi connectivity index (χ0) is 38.4. The van der Waals surface area contributed by atoms with Crippen LogP contribution in [0.1, 0.15) is 22.3 Å². The van der Waals surface area contributed by atoms with Crippen molar-refractivity contribution in [1.82, 2.24) is 0 Å². The van der Waals surface area contributed by atoms with Crippen LogP contribution in [-0.2, 0) is 5.41 Å². The molecule has 0 bridgehead atoms. The van der Waals surface area contributed by atoms with E-state index in [9.17, 15) is 0 Å². The molecule has 2 aliphatic carbocycles. The van der Waals surface area contributed by atoms with Gasteiger partial charge in [-0.2, -0.15) is 0 Å². The first kappa shape index (κ1) is 31.5. The van der Waals surface area contributed by atoms with Gasteiger partial charge in [-0.1, -0.05) is 200 Å². The van der Waals surface area contributed by atoms with Crippen molar-refractivity contribution in [2.24, 2.45) is 0 Å². The molecule has 0 unspecified atom stereocenters. The molecule has 0 nitrogen and oxygen atoms in total. The smallest absolute Gasteiger partial charge is 0.0619 e. The number of hydrogen-bond donors (Lipinski definition) is 0. The fraction of sp³-hybridized carbons (Fsp3) is 0.0169. The average Bonchev–Trinajstić information content (AvgIpc) is 3.79. The fourth-order valence-corrected chi connectivity index (χ4v) is 11.7. The summed E-state index contributed by atoms with van der Waals surface area (Å²) < 4.78 is 0. The largest absolute Gasteiger partial charge is 0.0737 e. The molecule has 1 spiro atoms.